The molecule has 0 saturated heterocycles. The van der Waals surface area contributed by atoms with Gasteiger partial charge in [-0.3, -0.25) is 10.1 Å². The molecule has 0 atom stereocenters. The van der Waals surface area contributed by atoms with Crippen LogP contribution in [0.15, 0.2) is 42.5 Å². The van der Waals surface area contributed by atoms with E-state index < -0.39 is 11.0 Å². The van der Waals surface area contributed by atoms with E-state index in [4.69, 9.17) is 22.1 Å². The van der Waals surface area contributed by atoms with Crippen LogP contribution < -0.4 is 11.1 Å². The summed E-state index contributed by atoms with van der Waals surface area (Å²) in [5, 5.41) is 13.5. The summed E-state index contributed by atoms with van der Waals surface area (Å²) < 4.78 is 5.07. The third kappa shape index (κ3) is 5.75. The van der Waals surface area contributed by atoms with Crippen LogP contribution in [0.4, 0.5) is 16.3 Å². The number of carbonyl (C=O) groups is 1. The number of nitrogens with one attached hydrogen (secondary N) is 1. The first kappa shape index (κ1) is 19.2. The number of alkyl carbamates (subject to hydrolysis) is 1. The van der Waals surface area contributed by atoms with E-state index in [1.165, 1.54) is 6.07 Å². The molecule has 0 bridgehead atoms. The molecule has 9 heteroatoms. The molecule has 0 radical (unpaired) electrons. The Bertz CT molecular complexity index is 812. The van der Waals surface area contributed by atoms with Crippen LogP contribution in [-0.4, -0.2) is 22.5 Å². The molecular formula is C17H17ClN4O4. The summed E-state index contributed by atoms with van der Waals surface area (Å²) in [4.78, 5) is 25.6. The lowest BCUT2D eigenvalue weighted by molar-refractivity contribution is -0.384. The number of ether oxygens (including phenoxy) is 1. The number of carbonyl (C=O) groups excluding carboxylic acids is 1. The minimum atomic E-state index is -0.625. The maximum Gasteiger partial charge on any atom is 0.407 e. The van der Waals surface area contributed by atoms with Gasteiger partial charge in [-0.1, -0.05) is 54.1 Å². The monoisotopic (exact) mass is 376 g/mol. The Morgan fingerprint density at radius 2 is 2.12 bits per heavy atom. The van der Waals surface area contributed by atoms with E-state index >= 15 is 0 Å². The van der Waals surface area contributed by atoms with Gasteiger partial charge in [0.2, 0.25) is 5.82 Å². The maximum atomic E-state index is 11.6. The van der Waals surface area contributed by atoms with E-state index in [9.17, 15) is 14.9 Å². The average molecular weight is 377 g/mol. The number of amides is 1. The third-order valence-corrected chi connectivity index (χ3v) is 3.60. The summed E-state index contributed by atoms with van der Waals surface area (Å²) in [5.74, 6) is -0.236. The molecule has 0 fully saturated rings. The van der Waals surface area contributed by atoms with E-state index in [1.807, 2.05) is 30.3 Å². The van der Waals surface area contributed by atoms with Gasteiger partial charge in [0.25, 0.3) is 0 Å². The minimum absolute atomic E-state index is 0.0691. The molecule has 26 heavy (non-hydrogen) atoms. The van der Waals surface area contributed by atoms with Crippen LogP contribution in [0.1, 0.15) is 17.5 Å². The number of nitro groups is 1. The molecule has 2 rings (SSSR count). The van der Waals surface area contributed by atoms with E-state index in [0.717, 1.165) is 5.56 Å². The molecule has 0 aliphatic carbocycles. The van der Waals surface area contributed by atoms with Gasteiger partial charge >= 0.3 is 11.8 Å². The van der Waals surface area contributed by atoms with E-state index in [2.05, 4.69) is 10.3 Å². The summed E-state index contributed by atoms with van der Waals surface area (Å²) in [6.45, 7) is 0.533. The lowest BCUT2D eigenvalue weighted by atomic mass is 10.2. The third-order valence-electron chi connectivity index (χ3n) is 3.30. The van der Waals surface area contributed by atoms with Crippen molar-refractivity contribution in [1.29, 1.82) is 0 Å². The van der Waals surface area contributed by atoms with Crippen molar-refractivity contribution in [2.75, 3.05) is 12.3 Å². The molecule has 1 aromatic heterocycles. The zero-order valence-corrected chi connectivity index (χ0v) is 14.5. The quantitative estimate of drug-likeness (QED) is 0.330. The Morgan fingerprint density at radius 1 is 1.38 bits per heavy atom. The number of anilines is 1. The number of benzene rings is 1. The fourth-order valence-electron chi connectivity index (χ4n) is 2.01. The standard InChI is InChI=1S/C17H17ClN4O4/c18-15-13(10-14(22(24)25)16(19)21-15)8-4-5-9-20-17(23)26-11-12-6-2-1-3-7-12/h1-4,6-8,10H,5,9,11H2,(H2,19,21)(H,20,23). The van der Waals surface area contributed by atoms with Crippen molar-refractivity contribution in [2.45, 2.75) is 13.0 Å². The van der Waals surface area contributed by atoms with E-state index in [0.29, 0.717) is 18.5 Å². The normalized spacial score (nSPS) is 10.7. The molecule has 0 unspecified atom stereocenters. The summed E-state index contributed by atoms with van der Waals surface area (Å²) in [6, 6.07) is 10.6. The molecule has 1 heterocycles. The summed E-state index contributed by atoms with van der Waals surface area (Å²) in [6.07, 6.45) is 3.25. The lowest BCUT2D eigenvalue weighted by Crippen LogP contribution is -2.24. The van der Waals surface area contributed by atoms with Crippen LogP contribution in [0.25, 0.3) is 6.08 Å². The van der Waals surface area contributed by atoms with Crippen LogP contribution in [0.2, 0.25) is 5.15 Å². The van der Waals surface area contributed by atoms with Gasteiger partial charge < -0.3 is 15.8 Å². The van der Waals surface area contributed by atoms with Crippen molar-refractivity contribution in [3.63, 3.8) is 0 Å². The first-order valence-corrected chi connectivity index (χ1v) is 8.06. The molecule has 136 valence electrons. The van der Waals surface area contributed by atoms with Crippen LogP contribution in [0.5, 0.6) is 0 Å². The Hall–Kier alpha value is -3.13. The Balaban J connectivity index is 1.78. The molecule has 0 aliphatic heterocycles. The minimum Gasteiger partial charge on any atom is -0.445 e. The van der Waals surface area contributed by atoms with Gasteiger partial charge in [0.05, 0.1) is 4.92 Å². The number of rotatable bonds is 7. The number of nitrogen functional groups attached to an aromatic ring is 1. The fourth-order valence-corrected chi connectivity index (χ4v) is 2.22. The maximum absolute atomic E-state index is 11.6. The fraction of sp³-hybridized carbons (Fsp3) is 0.176. The van der Waals surface area contributed by atoms with Gasteiger partial charge in [-0.05, 0) is 12.0 Å². The second-order valence-electron chi connectivity index (χ2n) is 5.21. The summed E-state index contributed by atoms with van der Waals surface area (Å²) >= 11 is 5.91. The Labute approximate surface area is 154 Å². The van der Waals surface area contributed by atoms with Gasteiger partial charge in [-0.2, -0.15) is 0 Å². The molecule has 1 amide bonds. The molecule has 8 nitrogen and oxygen atoms in total. The number of nitrogens with two attached hydrogens (primary N) is 1. The van der Waals surface area contributed by atoms with Crippen molar-refractivity contribution in [1.82, 2.24) is 10.3 Å². The van der Waals surface area contributed by atoms with Crippen molar-refractivity contribution in [3.8, 4) is 0 Å². The van der Waals surface area contributed by atoms with Gasteiger partial charge in [0, 0.05) is 18.2 Å². The predicted molar refractivity (Wildman–Crippen MR) is 98.6 cm³/mol. The molecule has 0 aliphatic rings. The van der Waals surface area contributed by atoms with Crippen LogP contribution in [-0.2, 0) is 11.3 Å². The van der Waals surface area contributed by atoms with Crippen molar-refractivity contribution >= 4 is 35.3 Å². The van der Waals surface area contributed by atoms with Crippen molar-refractivity contribution in [3.05, 3.63) is 68.9 Å². The van der Waals surface area contributed by atoms with E-state index in [-0.39, 0.29) is 23.3 Å². The molecule has 2 aromatic rings. The number of nitrogens with zero attached hydrogens (tertiary/aromatic N) is 2. The molecule has 0 spiro atoms. The highest BCUT2D eigenvalue weighted by atomic mass is 35.5. The molecule has 1 aromatic carbocycles. The highest BCUT2D eigenvalue weighted by molar-refractivity contribution is 6.31. The van der Waals surface area contributed by atoms with Gasteiger partial charge in [-0.15, -0.1) is 0 Å². The Kier molecular flexibility index (Phi) is 6.92. The summed E-state index contributed by atoms with van der Waals surface area (Å²) in [7, 11) is 0. The molecular weight excluding hydrogens is 360 g/mol. The number of halogens is 1. The van der Waals surface area contributed by atoms with Crippen LogP contribution >= 0.6 is 11.6 Å². The highest BCUT2D eigenvalue weighted by Crippen LogP contribution is 2.26. The Morgan fingerprint density at radius 3 is 2.81 bits per heavy atom. The zero-order valence-electron chi connectivity index (χ0n) is 13.7. The predicted octanol–water partition coefficient (Wildman–Crippen LogP) is 3.56. The topological polar surface area (TPSA) is 120 Å². The first-order chi connectivity index (χ1) is 12.5. The average Bonchev–Trinajstić information content (AvgIpc) is 2.61. The highest BCUT2D eigenvalue weighted by Gasteiger charge is 2.15. The summed E-state index contributed by atoms with van der Waals surface area (Å²) in [5.41, 5.74) is 6.41. The molecule has 3 N–H and O–H groups in total. The van der Waals surface area contributed by atoms with Gasteiger partial charge in [0.1, 0.15) is 11.8 Å². The zero-order chi connectivity index (χ0) is 18.9. The number of aromatic nitrogens is 1. The van der Waals surface area contributed by atoms with Crippen LogP contribution in [0, 0.1) is 10.1 Å². The molecule has 0 saturated carbocycles. The SMILES string of the molecule is Nc1nc(Cl)c(C=CCCNC(=O)OCc2ccccc2)cc1[N+](=O)[O-]. The number of pyridine rings is 1. The van der Waals surface area contributed by atoms with E-state index in [1.54, 1.807) is 12.2 Å². The first-order valence-electron chi connectivity index (χ1n) is 7.69. The smallest absolute Gasteiger partial charge is 0.407 e. The number of hydrogen-bond donors (Lipinski definition) is 2. The second-order valence-corrected chi connectivity index (χ2v) is 5.57. The second kappa shape index (κ2) is 9.38. The largest absolute Gasteiger partial charge is 0.445 e. The van der Waals surface area contributed by atoms with Crippen molar-refractivity contribution < 1.29 is 14.5 Å². The lowest BCUT2D eigenvalue weighted by Gasteiger charge is -2.06. The van der Waals surface area contributed by atoms with Crippen LogP contribution in [0.3, 0.4) is 0 Å². The van der Waals surface area contributed by atoms with Crippen molar-refractivity contribution in [2.24, 2.45) is 0 Å². The van der Waals surface area contributed by atoms with Gasteiger partial charge in [-0.25, -0.2) is 9.78 Å². The van der Waals surface area contributed by atoms with Gasteiger partial charge in [0.15, 0.2) is 0 Å². The number of hydrogen-bond acceptors (Lipinski definition) is 6.